The molecule has 3 heterocycles. The van der Waals surface area contributed by atoms with Crippen molar-refractivity contribution in [3.63, 3.8) is 0 Å². The zero-order valence-corrected chi connectivity index (χ0v) is 19.9. The van der Waals surface area contributed by atoms with Gasteiger partial charge in [-0.25, -0.2) is 9.97 Å². The zero-order valence-electron chi connectivity index (χ0n) is 19.0. The first-order chi connectivity index (χ1) is 15.3. The molecule has 2 bridgehead atoms. The number of aliphatic carboxylic acids is 1. The van der Waals surface area contributed by atoms with Gasteiger partial charge in [-0.3, -0.25) is 9.69 Å². The van der Waals surface area contributed by atoms with Crippen LogP contribution in [0.15, 0.2) is 40.5 Å². The minimum atomic E-state index is -0.644. The van der Waals surface area contributed by atoms with Gasteiger partial charge in [0.15, 0.2) is 5.82 Å². The van der Waals surface area contributed by atoms with Crippen LogP contribution in [-0.2, 0) is 11.3 Å². The molecule has 7 heteroatoms. The van der Waals surface area contributed by atoms with Gasteiger partial charge in [0.2, 0.25) is 0 Å². The van der Waals surface area contributed by atoms with Crippen LogP contribution in [0.4, 0.5) is 11.5 Å². The molecule has 1 saturated heterocycles. The van der Waals surface area contributed by atoms with Gasteiger partial charge in [0, 0.05) is 43.3 Å². The number of nitrogens with one attached hydrogen (secondary N) is 1. The number of likely N-dealkylation sites (tertiary alicyclic amines) is 1. The molecule has 2 unspecified atom stereocenters. The lowest BCUT2D eigenvalue weighted by Crippen LogP contribution is -2.52. The fraction of sp³-hybridized carbons (Fsp3) is 0.560. The highest BCUT2D eigenvalue weighted by Crippen LogP contribution is 2.49. The average molecular weight is 453 g/mol. The Morgan fingerprint density at radius 1 is 1.19 bits per heavy atom. The predicted octanol–water partition coefficient (Wildman–Crippen LogP) is 5.28. The van der Waals surface area contributed by atoms with Gasteiger partial charge < -0.3 is 10.4 Å². The molecule has 0 spiro atoms. The molecule has 170 valence electrons. The van der Waals surface area contributed by atoms with Gasteiger partial charge >= 0.3 is 5.97 Å². The Balaban J connectivity index is 1.31. The van der Waals surface area contributed by atoms with Gasteiger partial charge in [-0.1, -0.05) is 38.6 Å². The van der Waals surface area contributed by atoms with Crippen LogP contribution in [0.3, 0.4) is 0 Å². The summed E-state index contributed by atoms with van der Waals surface area (Å²) in [4.78, 5) is 24.1. The molecular weight excluding hydrogens is 420 g/mol. The molecule has 2 fully saturated rings. The normalized spacial score (nSPS) is 27.2. The molecule has 1 aliphatic carbocycles. The van der Waals surface area contributed by atoms with Crippen molar-refractivity contribution in [2.75, 3.05) is 18.4 Å². The summed E-state index contributed by atoms with van der Waals surface area (Å²) in [7, 11) is 0. The number of piperidine rings is 1. The molecular formula is C25H32N4O2S. The van der Waals surface area contributed by atoms with E-state index in [9.17, 15) is 9.90 Å². The van der Waals surface area contributed by atoms with Crippen molar-refractivity contribution in [3.05, 3.63) is 36.2 Å². The lowest BCUT2D eigenvalue weighted by atomic mass is 9.59. The van der Waals surface area contributed by atoms with Crippen LogP contribution in [0.5, 0.6) is 0 Å². The number of anilines is 2. The molecule has 0 radical (unpaired) electrons. The largest absolute Gasteiger partial charge is 0.481 e. The quantitative estimate of drug-likeness (QED) is 0.557. The number of benzene rings is 1. The van der Waals surface area contributed by atoms with Crippen molar-refractivity contribution in [2.24, 2.45) is 29.1 Å². The molecule has 1 aromatic carbocycles. The lowest BCUT2D eigenvalue weighted by molar-refractivity contribution is -0.141. The van der Waals surface area contributed by atoms with Crippen LogP contribution < -0.4 is 5.32 Å². The second-order valence-electron chi connectivity index (χ2n) is 10.8. The molecule has 2 atom stereocenters. The number of carboxylic acid groups (broad SMARTS) is 1. The maximum atomic E-state index is 11.5. The van der Waals surface area contributed by atoms with E-state index >= 15 is 0 Å². The molecule has 6 nitrogen and oxygen atoms in total. The van der Waals surface area contributed by atoms with Crippen LogP contribution in [0.25, 0.3) is 0 Å². The second kappa shape index (κ2) is 8.34. The van der Waals surface area contributed by atoms with E-state index in [2.05, 4.69) is 59.2 Å². The highest BCUT2D eigenvalue weighted by atomic mass is 32.2. The number of carbonyl (C=O) groups is 1. The van der Waals surface area contributed by atoms with Crippen molar-refractivity contribution in [1.82, 2.24) is 14.9 Å². The summed E-state index contributed by atoms with van der Waals surface area (Å²) in [5.41, 5.74) is 2.66. The molecule has 2 aromatic rings. The van der Waals surface area contributed by atoms with E-state index in [-0.39, 0.29) is 5.41 Å². The van der Waals surface area contributed by atoms with Crippen molar-refractivity contribution >= 4 is 29.2 Å². The molecule has 0 amide bonds. The van der Waals surface area contributed by atoms with E-state index in [1.165, 1.54) is 10.5 Å². The summed E-state index contributed by atoms with van der Waals surface area (Å²) in [6, 6.07) is 6.62. The molecule has 1 saturated carbocycles. The van der Waals surface area contributed by atoms with Crippen LogP contribution in [0.2, 0.25) is 0 Å². The summed E-state index contributed by atoms with van der Waals surface area (Å²) in [6.45, 7) is 9.90. The second-order valence-corrected chi connectivity index (χ2v) is 11.8. The Kier molecular flexibility index (Phi) is 5.66. The summed E-state index contributed by atoms with van der Waals surface area (Å²) < 4.78 is 0. The third-order valence-electron chi connectivity index (χ3n) is 7.58. The molecule has 32 heavy (non-hydrogen) atoms. The fourth-order valence-corrected chi connectivity index (χ4v) is 6.81. The third-order valence-corrected chi connectivity index (χ3v) is 8.65. The molecule has 2 aliphatic heterocycles. The van der Waals surface area contributed by atoms with E-state index in [4.69, 9.17) is 0 Å². The van der Waals surface area contributed by atoms with E-state index < -0.39 is 5.97 Å². The number of rotatable bonds is 4. The first kappa shape index (κ1) is 21.7. The first-order valence-corrected chi connectivity index (χ1v) is 12.4. The molecule has 3 aliphatic rings. The summed E-state index contributed by atoms with van der Waals surface area (Å²) >= 11 is 1.65. The van der Waals surface area contributed by atoms with E-state index in [0.717, 1.165) is 49.0 Å². The van der Waals surface area contributed by atoms with Gasteiger partial charge in [-0.15, -0.1) is 0 Å². The van der Waals surface area contributed by atoms with Crippen molar-refractivity contribution in [2.45, 2.75) is 56.5 Å². The summed E-state index contributed by atoms with van der Waals surface area (Å²) in [6.07, 6.45) is 6.05. The van der Waals surface area contributed by atoms with E-state index in [1.54, 1.807) is 24.2 Å². The fourth-order valence-electron chi connectivity index (χ4n) is 5.93. The highest BCUT2D eigenvalue weighted by molar-refractivity contribution is 7.99. The number of nitrogens with zero attached hydrogens (tertiary/aromatic N) is 3. The molecule has 2 N–H and O–H groups in total. The third kappa shape index (κ3) is 4.37. The Morgan fingerprint density at radius 2 is 1.91 bits per heavy atom. The first-order valence-electron chi connectivity index (χ1n) is 11.6. The minimum absolute atomic E-state index is 0.286. The topological polar surface area (TPSA) is 78.3 Å². The SMILES string of the molecule is CC(C)(C)C1CC2CN(Cc3ccc4c(c3)Nc3nccnc3S4)CC(C1)C2CC(=O)O. The Morgan fingerprint density at radius 3 is 2.59 bits per heavy atom. The maximum absolute atomic E-state index is 11.5. The van der Waals surface area contributed by atoms with Gasteiger partial charge in [0.1, 0.15) is 5.03 Å². The number of carboxylic acids is 1. The van der Waals surface area contributed by atoms with Crippen LogP contribution in [0.1, 0.15) is 45.6 Å². The number of hydrogen-bond donors (Lipinski definition) is 2. The number of hydrogen-bond acceptors (Lipinski definition) is 6. The highest BCUT2D eigenvalue weighted by Gasteiger charge is 2.46. The zero-order chi connectivity index (χ0) is 22.5. The molecule has 1 aromatic heterocycles. The minimum Gasteiger partial charge on any atom is -0.481 e. The average Bonchev–Trinajstić information content (AvgIpc) is 2.71. The van der Waals surface area contributed by atoms with E-state index in [1.807, 2.05) is 0 Å². The van der Waals surface area contributed by atoms with Crippen molar-refractivity contribution < 1.29 is 9.90 Å². The van der Waals surface area contributed by atoms with Gasteiger partial charge in [-0.2, -0.15) is 0 Å². The van der Waals surface area contributed by atoms with Crippen molar-refractivity contribution in [3.8, 4) is 0 Å². The standard InChI is InChI=1S/C25H32N4O2S/c1-25(2,3)18-9-16-13-29(14-17(10-18)19(16)11-22(30)31)12-15-4-5-21-20(8-15)28-23-24(32-21)27-7-6-26-23/h4-8,16-19H,9-14H2,1-3H3,(H,26,28)(H,30,31). The molecule has 5 rings (SSSR count). The van der Waals surface area contributed by atoms with E-state index in [0.29, 0.717) is 30.1 Å². The Hall–Kier alpha value is -2.12. The van der Waals surface area contributed by atoms with Crippen molar-refractivity contribution in [1.29, 1.82) is 0 Å². The monoisotopic (exact) mass is 452 g/mol. The van der Waals surface area contributed by atoms with Gasteiger partial charge in [0.05, 0.1) is 5.69 Å². The van der Waals surface area contributed by atoms with Crippen LogP contribution in [0, 0.1) is 29.1 Å². The van der Waals surface area contributed by atoms with Gasteiger partial charge in [0.25, 0.3) is 0 Å². The van der Waals surface area contributed by atoms with Gasteiger partial charge in [-0.05, 0) is 59.6 Å². The predicted molar refractivity (Wildman–Crippen MR) is 126 cm³/mol. The van der Waals surface area contributed by atoms with Crippen LogP contribution >= 0.6 is 11.8 Å². The van der Waals surface area contributed by atoms with Crippen LogP contribution in [-0.4, -0.2) is 39.0 Å². The smallest absolute Gasteiger partial charge is 0.303 e. The lowest BCUT2D eigenvalue weighted by Gasteiger charge is -2.52. The maximum Gasteiger partial charge on any atom is 0.303 e. The summed E-state index contributed by atoms with van der Waals surface area (Å²) in [5, 5.41) is 13.8. The number of aromatic nitrogens is 2. The Labute approximate surface area is 194 Å². The number of fused-ring (bicyclic) bond motifs is 4. The summed E-state index contributed by atoms with van der Waals surface area (Å²) in [5.74, 6) is 2.11. The Bertz CT molecular complexity index is 1010.